The van der Waals surface area contributed by atoms with Crippen molar-refractivity contribution in [1.82, 2.24) is 0 Å². The lowest BCUT2D eigenvalue weighted by atomic mass is 9.98. The molecule has 0 aromatic carbocycles. The Bertz CT molecular complexity index is 443. The number of unbranched alkanes of at least 4 members (excludes halogenated alkanes) is 7. The van der Waals surface area contributed by atoms with Crippen LogP contribution in [-0.4, -0.2) is 24.6 Å². The molecular weight excluding hydrogens is 316 g/mol. The van der Waals surface area contributed by atoms with Crippen molar-refractivity contribution in [1.29, 1.82) is 0 Å². The van der Waals surface area contributed by atoms with Gasteiger partial charge in [0.05, 0.1) is 6.61 Å². The van der Waals surface area contributed by atoms with E-state index in [2.05, 4.69) is 6.92 Å². The van der Waals surface area contributed by atoms with E-state index in [1.54, 1.807) is 0 Å². The standard InChI is InChI=1S/C21H34O4/c1-2-3-4-5-6-7-8-9-14-24-20(22)12-13-21(23)25-19-16-17-10-11-18(19)15-17/h12-13,17-19H,2-11,14-16H2,1H3/b13-12+. The highest BCUT2D eigenvalue weighted by atomic mass is 16.5. The summed E-state index contributed by atoms with van der Waals surface area (Å²) in [7, 11) is 0. The van der Waals surface area contributed by atoms with Gasteiger partial charge in [0.2, 0.25) is 0 Å². The molecule has 0 aliphatic heterocycles. The molecule has 4 heteroatoms. The molecule has 0 aromatic rings. The second-order valence-electron chi connectivity index (χ2n) is 7.63. The fraction of sp³-hybridized carbons (Fsp3) is 0.810. The van der Waals surface area contributed by atoms with Crippen LogP contribution in [0.2, 0.25) is 0 Å². The van der Waals surface area contributed by atoms with Crippen molar-refractivity contribution in [3.8, 4) is 0 Å². The molecule has 2 aliphatic rings. The van der Waals surface area contributed by atoms with Crippen LogP contribution in [-0.2, 0) is 19.1 Å². The van der Waals surface area contributed by atoms with Gasteiger partial charge in [-0.15, -0.1) is 0 Å². The Morgan fingerprint density at radius 3 is 2.20 bits per heavy atom. The van der Waals surface area contributed by atoms with Crippen LogP contribution in [0, 0.1) is 11.8 Å². The maximum atomic E-state index is 11.8. The highest BCUT2D eigenvalue weighted by Gasteiger charge is 2.41. The molecule has 0 N–H and O–H groups in total. The van der Waals surface area contributed by atoms with Crippen molar-refractivity contribution < 1.29 is 19.1 Å². The van der Waals surface area contributed by atoms with E-state index in [1.165, 1.54) is 69.9 Å². The summed E-state index contributed by atoms with van der Waals surface area (Å²) in [6.45, 7) is 2.65. The normalized spacial score (nSPS) is 24.8. The fourth-order valence-electron chi connectivity index (χ4n) is 4.11. The van der Waals surface area contributed by atoms with Crippen molar-refractivity contribution in [2.24, 2.45) is 11.8 Å². The summed E-state index contributed by atoms with van der Waals surface area (Å²) >= 11 is 0. The van der Waals surface area contributed by atoms with E-state index in [4.69, 9.17) is 9.47 Å². The number of carbonyl (C=O) groups is 2. The Hall–Kier alpha value is -1.32. The van der Waals surface area contributed by atoms with Crippen LogP contribution in [0.5, 0.6) is 0 Å². The first-order valence-corrected chi connectivity index (χ1v) is 10.2. The first kappa shape index (κ1) is 20.0. The molecule has 0 heterocycles. The van der Waals surface area contributed by atoms with E-state index in [-0.39, 0.29) is 6.10 Å². The van der Waals surface area contributed by atoms with Crippen molar-refractivity contribution in [3.63, 3.8) is 0 Å². The summed E-state index contributed by atoms with van der Waals surface area (Å²) < 4.78 is 10.6. The van der Waals surface area contributed by atoms with Crippen LogP contribution in [0.1, 0.15) is 84.0 Å². The topological polar surface area (TPSA) is 52.6 Å². The van der Waals surface area contributed by atoms with E-state index in [1.807, 2.05) is 0 Å². The molecule has 3 unspecified atom stereocenters. The highest BCUT2D eigenvalue weighted by molar-refractivity contribution is 5.91. The summed E-state index contributed by atoms with van der Waals surface area (Å²) in [4.78, 5) is 23.4. The molecule has 0 radical (unpaired) electrons. The minimum Gasteiger partial charge on any atom is -0.463 e. The number of carbonyl (C=O) groups excluding carboxylic acids is 2. The Labute approximate surface area is 152 Å². The van der Waals surface area contributed by atoms with Gasteiger partial charge in [0.1, 0.15) is 6.10 Å². The molecule has 25 heavy (non-hydrogen) atoms. The average molecular weight is 350 g/mol. The van der Waals surface area contributed by atoms with Crippen LogP contribution in [0.25, 0.3) is 0 Å². The van der Waals surface area contributed by atoms with E-state index >= 15 is 0 Å². The number of hydrogen-bond acceptors (Lipinski definition) is 4. The maximum absolute atomic E-state index is 11.8. The molecule has 0 spiro atoms. The summed E-state index contributed by atoms with van der Waals surface area (Å²) in [5, 5.41) is 0. The van der Waals surface area contributed by atoms with Gasteiger partial charge in [0.25, 0.3) is 0 Å². The summed E-state index contributed by atoms with van der Waals surface area (Å²) in [6.07, 6.45) is 16.8. The third-order valence-electron chi connectivity index (χ3n) is 5.54. The molecule has 2 bridgehead atoms. The molecule has 2 fully saturated rings. The number of hydrogen-bond donors (Lipinski definition) is 0. The molecule has 0 saturated heterocycles. The zero-order chi connectivity index (χ0) is 17.9. The highest BCUT2D eigenvalue weighted by Crippen LogP contribution is 2.45. The van der Waals surface area contributed by atoms with E-state index in [0.717, 1.165) is 25.2 Å². The SMILES string of the molecule is CCCCCCCCCCOC(=O)/C=C/C(=O)OC1CC2CCC1C2. The van der Waals surface area contributed by atoms with Crippen LogP contribution in [0.4, 0.5) is 0 Å². The van der Waals surface area contributed by atoms with Gasteiger partial charge in [-0.25, -0.2) is 9.59 Å². The molecule has 142 valence electrons. The van der Waals surface area contributed by atoms with Crippen molar-refractivity contribution in [2.45, 2.75) is 90.1 Å². The number of fused-ring (bicyclic) bond motifs is 2. The third-order valence-corrected chi connectivity index (χ3v) is 5.54. The van der Waals surface area contributed by atoms with E-state index < -0.39 is 11.9 Å². The van der Waals surface area contributed by atoms with Gasteiger partial charge in [-0.05, 0) is 43.9 Å². The smallest absolute Gasteiger partial charge is 0.331 e. The van der Waals surface area contributed by atoms with Crippen molar-refractivity contribution >= 4 is 11.9 Å². The molecule has 3 atom stereocenters. The van der Waals surface area contributed by atoms with Gasteiger partial charge in [0, 0.05) is 12.2 Å². The van der Waals surface area contributed by atoms with Gasteiger partial charge < -0.3 is 9.47 Å². The van der Waals surface area contributed by atoms with Gasteiger partial charge in [-0.1, -0.05) is 51.9 Å². The zero-order valence-corrected chi connectivity index (χ0v) is 15.7. The summed E-state index contributed by atoms with van der Waals surface area (Å²) in [6, 6.07) is 0. The Balaban J connectivity index is 1.46. The van der Waals surface area contributed by atoms with E-state index in [0.29, 0.717) is 12.5 Å². The first-order valence-electron chi connectivity index (χ1n) is 10.2. The van der Waals surface area contributed by atoms with E-state index in [9.17, 15) is 9.59 Å². The molecule has 2 aliphatic carbocycles. The maximum Gasteiger partial charge on any atom is 0.331 e. The number of rotatable bonds is 12. The van der Waals surface area contributed by atoms with Crippen LogP contribution in [0.3, 0.4) is 0 Å². The number of esters is 2. The lowest BCUT2D eigenvalue weighted by Crippen LogP contribution is -2.23. The lowest BCUT2D eigenvalue weighted by Gasteiger charge is -2.20. The molecule has 0 aromatic heterocycles. The summed E-state index contributed by atoms with van der Waals surface area (Å²) in [5.74, 6) is 0.411. The second kappa shape index (κ2) is 11.3. The predicted molar refractivity (Wildman–Crippen MR) is 98.0 cm³/mol. The predicted octanol–water partition coefficient (Wildman–Crippen LogP) is 4.96. The minimum absolute atomic E-state index is 0.0595. The lowest BCUT2D eigenvalue weighted by molar-refractivity contribution is -0.146. The van der Waals surface area contributed by atoms with Crippen LogP contribution < -0.4 is 0 Å². The van der Waals surface area contributed by atoms with Crippen molar-refractivity contribution in [3.05, 3.63) is 12.2 Å². The monoisotopic (exact) mass is 350 g/mol. The van der Waals surface area contributed by atoms with Crippen LogP contribution >= 0.6 is 0 Å². The Kier molecular flexibility index (Phi) is 9.06. The molecule has 0 amide bonds. The second-order valence-corrected chi connectivity index (χ2v) is 7.63. The molecule has 2 rings (SSSR count). The molecule has 2 saturated carbocycles. The fourth-order valence-corrected chi connectivity index (χ4v) is 4.11. The quantitative estimate of drug-likeness (QED) is 0.284. The summed E-state index contributed by atoms with van der Waals surface area (Å²) in [5.41, 5.74) is 0. The minimum atomic E-state index is -0.451. The molecule has 4 nitrogen and oxygen atoms in total. The average Bonchev–Trinajstić information content (AvgIpc) is 3.21. The molecular formula is C21H34O4. The Morgan fingerprint density at radius 2 is 1.56 bits per heavy atom. The van der Waals surface area contributed by atoms with Gasteiger partial charge >= 0.3 is 11.9 Å². The van der Waals surface area contributed by atoms with Gasteiger partial charge in [0.15, 0.2) is 0 Å². The van der Waals surface area contributed by atoms with Crippen molar-refractivity contribution in [2.75, 3.05) is 6.61 Å². The Morgan fingerprint density at radius 1 is 0.880 bits per heavy atom. The first-order chi connectivity index (χ1) is 12.2. The third kappa shape index (κ3) is 7.62. The number of ether oxygens (including phenoxy) is 2. The van der Waals surface area contributed by atoms with Gasteiger partial charge in [-0.3, -0.25) is 0 Å². The van der Waals surface area contributed by atoms with Gasteiger partial charge in [-0.2, -0.15) is 0 Å². The van der Waals surface area contributed by atoms with Crippen LogP contribution in [0.15, 0.2) is 12.2 Å². The zero-order valence-electron chi connectivity index (χ0n) is 15.7. The largest absolute Gasteiger partial charge is 0.463 e.